The van der Waals surface area contributed by atoms with Crippen molar-refractivity contribution in [2.45, 2.75) is 25.2 Å². The summed E-state index contributed by atoms with van der Waals surface area (Å²) in [4.78, 5) is 55.2. The predicted octanol–water partition coefficient (Wildman–Crippen LogP) is -14.1. The van der Waals surface area contributed by atoms with Gasteiger partial charge in [0.1, 0.15) is 18.1 Å². The number of phosphoric ester groups is 1. The van der Waals surface area contributed by atoms with Crippen LogP contribution < -0.4 is 144 Å². The largest absolute Gasteiger partial charge is 1.00 e. The number of nitrogens with zero attached hydrogens (tertiary/aromatic N) is 4. The number of aromatic nitrogens is 4. The zero-order valence-corrected chi connectivity index (χ0v) is 28.8. The van der Waals surface area contributed by atoms with Gasteiger partial charge in [0.2, 0.25) is 0 Å². The molecule has 1 aliphatic rings. The molecule has 4 unspecified atom stereocenters. The number of rotatable bonds is 8. The van der Waals surface area contributed by atoms with Crippen molar-refractivity contribution in [2.24, 2.45) is 0 Å². The fourth-order valence-electron chi connectivity index (χ4n) is 2.55. The zero-order valence-electron chi connectivity index (χ0n) is 18.1. The molecule has 1 fully saturated rings. The first-order valence-corrected chi connectivity index (χ1v) is 12.0. The first kappa shape index (κ1) is 37.9. The summed E-state index contributed by atoms with van der Waals surface area (Å²) in [5.41, 5.74) is 6.45. The van der Waals surface area contributed by atoms with Crippen molar-refractivity contribution < 1.29 is 169 Å². The number of ether oxygens (including phenoxy) is 1. The van der Waals surface area contributed by atoms with Crippen LogP contribution in [-0.4, -0.2) is 32.2 Å². The molecule has 2 N–H and O–H groups in total. The Labute approximate surface area is 275 Å². The van der Waals surface area contributed by atoms with Crippen LogP contribution in [0.2, 0.25) is 0 Å². The summed E-state index contributed by atoms with van der Waals surface area (Å²) in [7, 11) is -17.6. The van der Waals surface area contributed by atoms with Crippen LogP contribution in [0.1, 0.15) is 19.1 Å². The van der Waals surface area contributed by atoms with Gasteiger partial charge in [-0.3, -0.25) is 18.0 Å². The molecule has 23 heteroatoms. The van der Waals surface area contributed by atoms with Crippen LogP contribution in [0.15, 0.2) is 12.7 Å². The number of hydrogen-bond donors (Lipinski definition) is 1. The Morgan fingerprint density at radius 3 is 2.24 bits per heavy atom. The van der Waals surface area contributed by atoms with E-state index < -0.39 is 42.4 Å². The second-order valence-corrected chi connectivity index (χ2v) is 9.92. The van der Waals surface area contributed by atoms with Gasteiger partial charge >= 0.3 is 118 Å². The van der Waals surface area contributed by atoms with Crippen LogP contribution in [0.3, 0.4) is 0 Å². The molecule has 33 heavy (non-hydrogen) atoms. The Kier molecular flexibility index (Phi) is 17.6. The molecule has 0 saturated carbocycles. The number of hydrogen-bond acceptors (Lipinski definition) is 15. The van der Waals surface area contributed by atoms with Crippen LogP contribution in [0.5, 0.6) is 0 Å². The van der Waals surface area contributed by atoms with Crippen molar-refractivity contribution >= 4 is 40.4 Å². The van der Waals surface area contributed by atoms with Crippen LogP contribution in [0.4, 0.5) is 5.82 Å². The molecule has 0 radical (unpaired) electrons. The van der Waals surface area contributed by atoms with E-state index in [1.807, 2.05) is 0 Å². The van der Waals surface area contributed by atoms with E-state index in [1.165, 1.54) is 12.7 Å². The van der Waals surface area contributed by atoms with E-state index in [0.717, 1.165) is 0 Å². The summed E-state index contributed by atoms with van der Waals surface area (Å²) in [5, 5.41) is 0. The van der Waals surface area contributed by atoms with Gasteiger partial charge in [0, 0.05) is 0 Å². The molecule has 4 atom stereocenters. The molecular weight excluding hydrogens is 551 g/mol. The van der Waals surface area contributed by atoms with Gasteiger partial charge in [-0.25, -0.2) is 19.3 Å². The summed E-state index contributed by atoms with van der Waals surface area (Å²) >= 11 is 0. The maximum absolute atomic E-state index is 11.5. The molecule has 3 rings (SSSR count). The van der Waals surface area contributed by atoms with Gasteiger partial charge in [0.15, 0.2) is 11.5 Å². The number of anilines is 1. The fourth-order valence-corrected chi connectivity index (χ4v) is 5.44. The van der Waals surface area contributed by atoms with E-state index in [1.54, 1.807) is 4.57 Å². The quantitative estimate of drug-likeness (QED) is 0.231. The molecule has 3 heterocycles. The molecule has 1 aliphatic heterocycles. The van der Waals surface area contributed by atoms with E-state index in [2.05, 4.69) is 28.1 Å². The average Bonchev–Trinajstić information content (AvgIpc) is 3.16. The normalized spacial score (nSPS) is 21.5. The minimum absolute atomic E-state index is 0. The van der Waals surface area contributed by atoms with Crippen LogP contribution in [-0.2, 0) is 31.6 Å². The molecule has 2 aromatic rings. The second kappa shape index (κ2) is 15.3. The SMILES string of the molecule is Nc1ncnc2c1ncn2C1CCC(COP(=O)([O-])OP(=O)([O-])OP(=O)([O-])[O-])O1.[Na+].[Na+].[Na+].[Na+]. The van der Waals surface area contributed by atoms with Gasteiger partial charge in [-0.05, 0) is 12.8 Å². The predicted molar refractivity (Wildman–Crippen MR) is 83.8 cm³/mol. The maximum atomic E-state index is 11.5. The van der Waals surface area contributed by atoms with Crippen molar-refractivity contribution in [1.82, 2.24) is 19.5 Å². The van der Waals surface area contributed by atoms with Crippen molar-refractivity contribution in [3.05, 3.63) is 12.7 Å². The fraction of sp³-hybridized carbons (Fsp3) is 0.500. The first-order chi connectivity index (χ1) is 13.4. The van der Waals surface area contributed by atoms with Gasteiger partial charge in [0.05, 0.1) is 26.9 Å². The molecule has 1 saturated heterocycles. The molecule has 0 aliphatic carbocycles. The summed E-state index contributed by atoms with van der Waals surface area (Å²) in [6.45, 7) is -0.645. The van der Waals surface area contributed by atoms with Crippen molar-refractivity contribution in [1.29, 1.82) is 0 Å². The zero-order chi connectivity index (χ0) is 21.4. The minimum Gasteiger partial charge on any atom is -0.790 e. The molecule has 0 bridgehead atoms. The molecule has 2 aromatic heterocycles. The Morgan fingerprint density at radius 2 is 1.64 bits per heavy atom. The number of nitrogens with two attached hydrogens (primary N) is 1. The van der Waals surface area contributed by atoms with Crippen molar-refractivity contribution in [3.8, 4) is 0 Å². The van der Waals surface area contributed by atoms with Crippen molar-refractivity contribution in [3.63, 3.8) is 0 Å². The molecule has 0 amide bonds. The van der Waals surface area contributed by atoms with Crippen molar-refractivity contribution in [2.75, 3.05) is 12.3 Å². The van der Waals surface area contributed by atoms with E-state index >= 15 is 0 Å². The van der Waals surface area contributed by atoms with Crippen LogP contribution in [0.25, 0.3) is 11.2 Å². The third-order valence-corrected chi connectivity index (χ3v) is 7.27. The Bertz CT molecular complexity index is 1060. The summed E-state index contributed by atoms with van der Waals surface area (Å²) in [5.74, 6) is 0.168. The molecule has 0 spiro atoms. The third kappa shape index (κ3) is 11.6. The Hall–Kier alpha value is 2.72. The first-order valence-electron chi connectivity index (χ1n) is 7.65. The summed E-state index contributed by atoms with van der Waals surface area (Å²) in [6.07, 6.45) is 2.00. The van der Waals surface area contributed by atoms with Crippen LogP contribution >= 0.6 is 23.5 Å². The van der Waals surface area contributed by atoms with E-state index in [0.29, 0.717) is 24.0 Å². The standard InChI is InChI=1S/C10H16N5O11P3.4Na/c11-9-8-10(13-4-12-9)15(5-14-8)7-2-1-6(24-7)3-23-28(19,20)26-29(21,22)25-27(16,17)18;;;;/h4-7H,1-3H2,(H,19,20)(H,21,22)(H2,11,12,13)(H2,16,17,18);;;;/q;4*+1/p-4. The van der Waals surface area contributed by atoms with Gasteiger partial charge in [0.25, 0.3) is 15.6 Å². The minimum atomic E-state index is -6.04. The number of fused-ring (bicyclic) bond motifs is 1. The van der Waals surface area contributed by atoms with Gasteiger partial charge in [-0.2, -0.15) is 0 Å². The number of nitrogen functional groups attached to an aromatic ring is 1. The Balaban J connectivity index is 0. The topological polar surface area (TPSA) is 250 Å². The molecule has 162 valence electrons. The summed E-state index contributed by atoms with van der Waals surface area (Å²) in [6, 6.07) is 0. The van der Waals surface area contributed by atoms with E-state index in [-0.39, 0.29) is 124 Å². The third-order valence-electron chi connectivity index (χ3n) is 3.60. The van der Waals surface area contributed by atoms with Gasteiger partial charge < -0.3 is 39.1 Å². The van der Waals surface area contributed by atoms with E-state index in [4.69, 9.17) is 10.5 Å². The second-order valence-electron chi connectivity index (χ2n) is 5.67. The number of imidazole rings is 1. The summed E-state index contributed by atoms with van der Waals surface area (Å²) < 4.78 is 51.1. The number of phosphoric acid groups is 3. The maximum Gasteiger partial charge on any atom is 1.00 e. The van der Waals surface area contributed by atoms with E-state index in [9.17, 15) is 33.3 Å². The average molecular weight is 563 g/mol. The molecule has 0 aromatic carbocycles. The Morgan fingerprint density at radius 1 is 1.00 bits per heavy atom. The van der Waals surface area contributed by atoms with Crippen LogP contribution in [0, 0.1) is 0 Å². The molecule has 16 nitrogen and oxygen atoms in total. The molecular formula is C10H12N5Na4O11P3. The smallest absolute Gasteiger partial charge is 0.790 e. The van der Waals surface area contributed by atoms with Gasteiger partial charge in [-0.15, -0.1) is 0 Å². The van der Waals surface area contributed by atoms with Gasteiger partial charge in [-0.1, -0.05) is 0 Å². The monoisotopic (exact) mass is 563 g/mol.